The summed E-state index contributed by atoms with van der Waals surface area (Å²) in [6, 6.07) is 3.61. The number of benzene rings is 1. The van der Waals surface area contributed by atoms with Crippen molar-refractivity contribution in [3.05, 3.63) is 28.8 Å². The fraction of sp³-hybridized carbons (Fsp3) is 0.400. The molecule has 0 aromatic heterocycles. The summed E-state index contributed by atoms with van der Waals surface area (Å²) in [5.41, 5.74) is 2.34. The molecule has 1 aliphatic rings. The van der Waals surface area contributed by atoms with E-state index in [1.54, 1.807) is 13.0 Å². The third kappa shape index (κ3) is 1.10. The molecule has 0 aliphatic carbocycles. The van der Waals surface area contributed by atoms with Crippen molar-refractivity contribution in [2.45, 2.75) is 19.8 Å². The lowest BCUT2D eigenvalue weighted by Crippen LogP contribution is -2.16. The Balaban J connectivity index is 2.70. The van der Waals surface area contributed by atoms with Crippen LogP contribution in [0.15, 0.2) is 12.1 Å². The van der Waals surface area contributed by atoms with E-state index in [0.717, 1.165) is 5.56 Å². The predicted molar refractivity (Wildman–Crippen MR) is 48.3 cm³/mol. The minimum absolute atomic E-state index is 0.174. The summed E-state index contributed by atoms with van der Waals surface area (Å²) in [5, 5.41) is 2.75. The predicted octanol–water partition coefficient (Wildman–Crippen LogP) is 2.82. The van der Waals surface area contributed by atoms with E-state index in [4.69, 9.17) is 0 Å². The third-order valence-corrected chi connectivity index (χ3v) is 2.47. The van der Waals surface area contributed by atoms with Crippen molar-refractivity contribution in [1.82, 2.24) is 0 Å². The summed E-state index contributed by atoms with van der Waals surface area (Å²) in [5.74, 6) is -2.70. The van der Waals surface area contributed by atoms with Gasteiger partial charge in [0.2, 0.25) is 0 Å². The molecule has 2 rings (SSSR count). The summed E-state index contributed by atoms with van der Waals surface area (Å²) in [4.78, 5) is 0. The number of fused-ring (bicyclic) bond motifs is 1. The largest absolute Gasteiger partial charge is 0.378 e. The van der Waals surface area contributed by atoms with E-state index < -0.39 is 5.92 Å². The van der Waals surface area contributed by atoms with E-state index in [0.29, 0.717) is 11.3 Å². The molecule has 1 aliphatic heterocycles. The Hall–Kier alpha value is -1.12. The standard InChI is InChI=1S/C10H11F2N/c1-6-3-4-7(2)9-8(6)10(11,12)5-13-9/h3-4,13H,5H2,1-2H3. The van der Waals surface area contributed by atoms with Gasteiger partial charge in [0.15, 0.2) is 0 Å². The van der Waals surface area contributed by atoms with Gasteiger partial charge >= 0.3 is 0 Å². The van der Waals surface area contributed by atoms with Gasteiger partial charge in [-0.15, -0.1) is 0 Å². The van der Waals surface area contributed by atoms with Crippen LogP contribution in [0, 0.1) is 13.8 Å². The molecule has 0 bridgehead atoms. The summed E-state index contributed by atoms with van der Waals surface area (Å²) >= 11 is 0. The van der Waals surface area contributed by atoms with Crippen LogP contribution in [0.1, 0.15) is 16.7 Å². The van der Waals surface area contributed by atoms with Crippen molar-refractivity contribution in [2.24, 2.45) is 0 Å². The van der Waals surface area contributed by atoms with Crippen LogP contribution in [0.2, 0.25) is 0 Å². The summed E-state index contributed by atoms with van der Waals surface area (Å²) in [6.07, 6.45) is 0. The van der Waals surface area contributed by atoms with Crippen LogP contribution in [0.4, 0.5) is 14.5 Å². The Kier molecular flexibility index (Phi) is 1.59. The van der Waals surface area contributed by atoms with Gasteiger partial charge in [-0.3, -0.25) is 0 Å². The molecular formula is C10H11F2N. The van der Waals surface area contributed by atoms with Crippen LogP contribution in [-0.2, 0) is 5.92 Å². The van der Waals surface area contributed by atoms with Gasteiger partial charge in [0, 0.05) is 11.3 Å². The Morgan fingerprint density at radius 1 is 1.23 bits per heavy atom. The smallest absolute Gasteiger partial charge is 0.292 e. The van der Waals surface area contributed by atoms with E-state index in [1.807, 2.05) is 13.0 Å². The Labute approximate surface area is 75.8 Å². The number of hydrogen-bond acceptors (Lipinski definition) is 1. The highest BCUT2D eigenvalue weighted by Crippen LogP contribution is 2.42. The van der Waals surface area contributed by atoms with Crippen LogP contribution in [-0.4, -0.2) is 6.54 Å². The van der Waals surface area contributed by atoms with Gasteiger partial charge in [0.25, 0.3) is 5.92 Å². The van der Waals surface area contributed by atoms with Gasteiger partial charge in [-0.25, -0.2) is 0 Å². The molecular weight excluding hydrogens is 172 g/mol. The van der Waals surface area contributed by atoms with Crippen LogP contribution >= 0.6 is 0 Å². The minimum Gasteiger partial charge on any atom is -0.378 e. The summed E-state index contributed by atoms with van der Waals surface area (Å²) < 4.78 is 26.6. The number of alkyl halides is 2. The zero-order valence-electron chi connectivity index (χ0n) is 7.62. The van der Waals surface area contributed by atoms with Crippen molar-refractivity contribution in [3.8, 4) is 0 Å². The average molecular weight is 183 g/mol. The zero-order chi connectivity index (χ0) is 9.64. The van der Waals surface area contributed by atoms with Crippen LogP contribution in [0.3, 0.4) is 0 Å². The maximum absolute atomic E-state index is 13.3. The van der Waals surface area contributed by atoms with Crippen molar-refractivity contribution in [1.29, 1.82) is 0 Å². The number of halogens is 2. The Morgan fingerprint density at radius 2 is 1.85 bits per heavy atom. The maximum atomic E-state index is 13.3. The third-order valence-electron chi connectivity index (χ3n) is 2.47. The van der Waals surface area contributed by atoms with Gasteiger partial charge in [-0.2, -0.15) is 8.78 Å². The zero-order valence-corrected chi connectivity index (χ0v) is 7.62. The molecule has 1 nitrogen and oxygen atoms in total. The van der Waals surface area contributed by atoms with Crippen molar-refractivity contribution in [3.63, 3.8) is 0 Å². The normalized spacial score (nSPS) is 18.2. The molecule has 1 heterocycles. The van der Waals surface area contributed by atoms with E-state index in [2.05, 4.69) is 5.32 Å². The van der Waals surface area contributed by atoms with Gasteiger partial charge in [-0.05, 0) is 25.0 Å². The number of aryl methyl sites for hydroxylation is 2. The van der Waals surface area contributed by atoms with E-state index in [1.165, 1.54) is 0 Å². The lowest BCUT2D eigenvalue weighted by molar-refractivity contribution is 0.0179. The highest BCUT2D eigenvalue weighted by atomic mass is 19.3. The maximum Gasteiger partial charge on any atom is 0.292 e. The minimum atomic E-state index is -2.70. The van der Waals surface area contributed by atoms with E-state index in [9.17, 15) is 8.78 Å². The second-order valence-electron chi connectivity index (χ2n) is 3.51. The van der Waals surface area contributed by atoms with Gasteiger partial charge in [0.05, 0.1) is 6.54 Å². The molecule has 0 fully saturated rings. The first-order valence-corrected chi connectivity index (χ1v) is 4.25. The molecule has 0 unspecified atom stereocenters. The molecule has 0 saturated heterocycles. The first kappa shape index (κ1) is 8.48. The fourth-order valence-corrected chi connectivity index (χ4v) is 1.80. The van der Waals surface area contributed by atoms with Crippen LogP contribution < -0.4 is 5.32 Å². The summed E-state index contributed by atoms with van der Waals surface area (Å²) in [7, 11) is 0. The SMILES string of the molecule is Cc1ccc(C)c2c1NCC2(F)F. The van der Waals surface area contributed by atoms with Crippen molar-refractivity contribution < 1.29 is 8.78 Å². The molecule has 1 aromatic carbocycles. The van der Waals surface area contributed by atoms with Crippen molar-refractivity contribution in [2.75, 3.05) is 11.9 Å². The van der Waals surface area contributed by atoms with Crippen LogP contribution in [0.25, 0.3) is 0 Å². The molecule has 0 spiro atoms. The molecule has 1 aromatic rings. The molecule has 3 heteroatoms. The molecule has 0 amide bonds. The second kappa shape index (κ2) is 2.44. The lowest BCUT2D eigenvalue weighted by Gasteiger charge is -2.11. The first-order valence-electron chi connectivity index (χ1n) is 4.25. The highest BCUT2D eigenvalue weighted by molar-refractivity contribution is 5.65. The molecule has 13 heavy (non-hydrogen) atoms. The lowest BCUT2D eigenvalue weighted by atomic mass is 10.0. The number of rotatable bonds is 0. The summed E-state index contributed by atoms with van der Waals surface area (Å²) in [6.45, 7) is 3.29. The topological polar surface area (TPSA) is 12.0 Å². The Bertz CT molecular complexity index is 358. The first-order chi connectivity index (χ1) is 6.02. The number of anilines is 1. The Morgan fingerprint density at radius 3 is 2.46 bits per heavy atom. The highest BCUT2D eigenvalue weighted by Gasteiger charge is 2.41. The van der Waals surface area contributed by atoms with E-state index >= 15 is 0 Å². The quantitative estimate of drug-likeness (QED) is 0.652. The fourth-order valence-electron chi connectivity index (χ4n) is 1.80. The average Bonchev–Trinajstić information content (AvgIpc) is 2.36. The molecule has 0 saturated carbocycles. The number of nitrogens with one attached hydrogen (secondary N) is 1. The molecule has 1 N–H and O–H groups in total. The second-order valence-corrected chi connectivity index (χ2v) is 3.51. The van der Waals surface area contributed by atoms with Gasteiger partial charge in [0.1, 0.15) is 0 Å². The van der Waals surface area contributed by atoms with E-state index in [-0.39, 0.29) is 12.1 Å². The molecule has 0 atom stereocenters. The molecule has 0 radical (unpaired) electrons. The van der Waals surface area contributed by atoms with Crippen molar-refractivity contribution >= 4 is 5.69 Å². The molecule has 70 valence electrons. The monoisotopic (exact) mass is 183 g/mol. The van der Waals surface area contributed by atoms with Gasteiger partial charge in [-0.1, -0.05) is 12.1 Å². The van der Waals surface area contributed by atoms with Gasteiger partial charge < -0.3 is 5.32 Å². The number of hydrogen-bond donors (Lipinski definition) is 1. The van der Waals surface area contributed by atoms with Crippen LogP contribution in [0.5, 0.6) is 0 Å².